The summed E-state index contributed by atoms with van der Waals surface area (Å²) < 4.78 is 9.01. The van der Waals surface area contributed by atoms with E-state index >= 15 is 0 Å². The summed E-state index contributed by atoms with van der Waals surface area (Å²) >= 11 is 0. The average Bonchev–Trinajstić information content (AvgIpc) is 3.08. The van der Waals surface area contributed by atoms with Crippen LogP contribution in [-0.4, -0.2) is 51.9 Å². The summed E-state index contributed by atoms with van der Waals surface area (Å²) in [6.07, 6.45) is 10.6. The molecule has 0 spiro atoms. The number of fused-ring (bicyclic) bond motifs is 2. The van der Waals surface area contributed by atoms with Crippen LogP contribution in [0.5, 0.6) is 0 Å². The van der Waals surface area contributed by atoms with Gasteiger partial charge in [0.2, 0.25) is 0 Å². The van der Waals surface area contributed by atoms with Crippen molar-refractivity contribution in [2.75, 3.05) is 32.8 Å². The van der Waals surface area contributed by atoms with E-state index in [1.54, 1.807) is 10.6 Å². The fourth-order valence-corrected chi connectivity index (χ4v) is 4.95. The highest BCUT2D eigenvalue weighted by molar-refractivity contribution is 5.91. The fourth-order valence-electron chi connectivity index (χ4n) is 4.95. The van der Waals surface area contributed by atoms with Crippen LogP contribution in [0, 0.1) is 0 Å². The van der Waals surface area contributed by atoms with Gasteiger partial charge in [-0.1, -0.05) is 25.7 Å². The maximum atomic E-state index is 13.3. The zero-order chi connectivity index (χ0) is 21.2. The summed E-state index contributed by atoms with van der Waals surface area (Å²) in [4.78, 5) is 33.4. The van der Waals surface area contributed by atoms with Crippen LogP contribution in [0.3, 0.4) is 0 Å². The Bertz CT molecular complexity index is 1190. The molecule has 1 aliphatic carbocycles. The molecule has 0 aromatic carbocycles. The van der Waals surface area contributed by atoms with Gasteiger partial charge in [0.1, 0.15) is 0 Å². The molecule has 4 heterocycles. The molecule has 5 rings (SSSR count). The Hall–Kier alpha value is -2.51. The molecule has 1 saturated heterocycles. The second kappa shape index (κ2) is 8.93. The first-order chi connectivity index (χ1) is 15.2. The number of hydrogen-bond donors (Lipinski definition) is 0. The number of hydrogen-bond acceptors (Lipinski definition) is 5. The van der Waals surface area contributed by atoms with Crippen LogP contribution in [0.1, 0.15) is 44.6 Å². The lowest BCUT2D eigenvalue weighted by Gasteiger charge is -2.26. The lowest BCUT2D eigenvalue weighted by molar-refractivity contribution is 0.0363. The van der Waals surface area contributed by atoms with Crippen LogP contribution in [0.4, 0.5) is 0 Å². The van der Waals surface area contributed by atoms with Crippen molar-refractivity contribution in [1.29, 1.82) is 0 Å². The summed E-state index contributed by atoms with van der Waals surface area (Å²) in [5.41, 5.74) is 1.20. The third-order valence-electron chi connectivity index (χ3n) is 6.82. The van der Waals surface area contributed by atoms with Crippen LogP contribution in [-0.2, 0) is 11.3 Å². The lowest BCUT2D eigenvalue weighted by atomic mass is 10.1. The highest BCUT2D eigenvalue weighted by atomic mass is 16.5. The molecule has 0 unspecified atom stereocenters. The second-order valence-electron chi connectivity index (χ2n) is 8.80. The Morgan fingerprint density at radius 3 is 2.29 bits per heavy atom. The van der Waals surface area contributed by atoms with Gasteiger partial charge in [-0.3, -0.25) is 14.5 Å². The SMILES string of the molecule is O=c1c2cc3c(=O)n(C4CCCCCC4)ccc3nc2ccn1CCN1CCOCC1. The molecule has 1 aliphatic heterocycles. The number of aromatic nitrogens is 3. The van der Waals surface area contributed by atoms with Gasteiger partial charge in [-0.25, -0.2) is 4.98 Å². The Morgan fingerprint density at radius 1 is 0.871 bits per heavy atom. The highest BCUT2D eigenvalue weighted by Gasteiger charge is 2.17. The first-order valence-electron chi connectivity index (χ1n) is 11.6. The second-order valence-corrected chi connectivity index (χ2v) is 8.80. The van der Waals surface area contributed by atoms with E-state index in [4.69, 9.17) is 4.74 Å². The Labute approximate surface area is 181 Å². The number of morpholine rings is 1. The molecule has 2 fully saturated rings. The number of ether oxygens (including phenoxy) is 1. The third kappa shape index (κ3) is 4.16. The Morgan fingerprint density at radius 2 is 1.55 bits per heavy atom. The number of pyridine rings is 3. The van der Waals surface area contributed by atoms with E-state index in [0.717, 1.165) is 45.7 Å². The zero-order valence-electron chi connectivity index (χ0n) is 18.0. The van der Waals surface area contributed by atoms with E-state index in [1.165, 1.54) is 25.7 Å². The van der Waals surface area contributed by atoms with Gasteiger partial charge in [-0.15, -0.1) is 0 Å². The van der Waals surface area contributed by atoms with Crippen LogP contribution < -0.4 is 11.1 Å². The molecule has 0 bridgehead atoms. The maximum Gasteiger partial charge on any atom is 0.260 e. The van der Waals surface area contributed by atoms with Gasteiger partial charge in [0, 0.05) is 44.6 Å². The smallest absolute Gasteiger partial charge is 0.260 e. The summed E-state index contributed by atoms with van der Waals surface area (Å²) in [6, 6.07) is 5.81. The largest absolute Gasteiger partial charge is 0.379 e. The zero-order valence-corrected chi connectivity index (χ0v) is 18.0. The van der Waals surface area contributed by atoms with E-state index in [1.807, 2.05) is 29.1 Å². The fraction of sp³-hybridized carbons (Fsp3) is 0.542. The van der Waals surface area contributed by atoms with E-state index in [-0.39, 0.29) is 17.2 Å². The lowest BCUT2D eigenvalue weighted by Crippen LogP contribution is -2.39. The van der Waals surface area contributed by atoms with Gasteiger partial charge < -0.3 is 13.9 Å². The van der Waals surface area contributed by atoms with Crippen molar-refractivity contribution in [1.82, 2.24) is 19.0 Å². The summed E-state index contributed by atoms with van der Waals surface area (Å²) in [5, 5.41) is 1.06. The molecule has 1 saturated carbocycles. The molecular formula is C24H30N4O3. The molecule has 0 amide bonds. The van der Waals surface area contributed by atoms with Gasteiger partial charge in [0.25, 0.3) is 11.1 Å². The highest BCUT2D eigenvalue weighted by Crippen LogP contribution is 2.26. The third-order valence-corrected chi connectivity index (χ3v) is 6.82. The van der Waals surface area contributed by atoms with Gasteiger partial charge in [-0.2, -0.15) is 0 Å². The molecular weight excluding hydrogens is 392 g/mol. The van der Waals surface area contributed by atoms with E-state index < -0.39 is 0 Å². The van der Waals surface area contributed by atoms with Gasteiger partial charge in [-0.05, 0) is 31.0 Å². The Kier molecular flexibility index (Phi) is 5.87. The predicted molar refractivity (Wildman–Crippen MR) is 122 cm³/mol. The van der Waals surface area contributed by atoms with E-state index in [0.29, 0.717) is 28.4 Å². The molecule has 0 N–H and O–H groups in total. The van der Waals surface area contributed by atoms with Gasteiger partial charge >= 0.3 is 0 Å². The molecule has 7 nitrogen and oxygen atoms in total. The minimum absolute atomic E-state index is 0.0260. The quantitative estimate of drug-likeness (QED) is 0.478. The van der Waals surface area contributed by atoms with Gasteiger partial charge in [0.15, 0.2) is 0 Å². The number of rotatable bonds is 4. The summed E-state index contributed by atoms with van der Waals surface area (Å²) in [6.45, 7) is 4.72. The van der Waals surface area contributed by atoms with Crippen molar-refractivity contribution in [2.45, 2.75) is 51.1 Å². The maximum absolute atomic E-state index is 13.3. The molecule has 2 aliphatic rings. The van der Waals surface area contributed by atoms with E-state index in [2.05, 4.69) is 9.88 Å². The normalized spacial score (nSPS) is 19.1. The molecule has 3 aromatic heterocycles. The van der Waals surface area contributed by atoms with Crippen LogP contribution in [0.2, 0.25) is 0 Å². The Balaban J connectivity index is 1.50. The molecule has 3 aromatic rings. The molecule has 0 atom stereocenters. The predicted octanol–water partition coefficient (Wildman–Crippen LogP) is 2.94. The number of nitrogens with zero attached hydrogens (tertiary/aromatic N) is 4. The summed E-state index contributed by atoms with van der Waals surface area (Å²) in [5.74, 6) is 0. The minimum Gasteiger partial charge on any atom is -0.379 e. The molecule has 0 radical (unpaired) electrons. The monoisotopic (exact) mass is 422 g/mol. The van der Waals surface area contributed by atoms with Crippen LogP contribution >= 0.6 is 0 Å². The van der Waals surface area contributed by atoms with Crippen LogP contribution in [0.15, 0.2) is 40.2 Å². The van der Waals surface area contributed by atoms with Crippen molar-refractivity contribution in [3.05, 3.63) is 51.3 Å². The topological polar surface area (TPSA) is 69.4 Å². The van der Waals surface area contributed by atoms with E-state index in [9.17, 15) is 9.59 Å². The standard InChI is InChI=1S/C24H30N4O3/c29-23-19-17-20-22(8-10-28(24(20)30)18-5-3-1-2-4-6-18)25-21(19)7-9-27(23)12-11-26-13-15-31-16-14-26/h7-10,17-18H,1-6,11-16H2. The first kappa shape index (κ1) is 20.4. The van der Waals surface area contributed by atoms with Crippen molar-refractivity contribution >= 4 is 21.8 Å². The summed E-state index contributed by atoms with van der Waals surface area (Å²) in [7, 11) is 0. The first-order valence-corrected chi connectivity index (χ1v) is 11.6. The van der Waals surface area contributed by atoms with Crippen molar-refractivity contribution in [2.24, 2.45) is 0 Å². The van der Waals surface area contributed by atoms with Crippen molar-refractivity contribution in [3.8, 4) is 0 Å². The average molecular weight is 423 g/mol. The minimum atomic E-state index is -0.0792. The molecule has 7 heteroatoms. The molecule has 31 heavy (non-hydrogen) atoms. The van der Waals surface area contributed by atoms with Crippen molar-refractivity contribution in [3.63, 3.8) is 0 Å². The van der Waals surface area contributed by atoms with Gasteiger partial charge in [0.05, 0.1) is 35.0 Å². The van der Waals surface area contributed by atoms with Crippen molar-refractivity contribution < 1.29 is 4.74 Å². The molecule has 164 valence electrons. The van der Waals surface area contributed by atoms with Crippen LogP contribution in [0.25, 0.3) is 21.8 Å².